The fraction of sp³-hybridized carbons (Fsp3) is 0.571. The predicted molar refractivity (Wildman–Crippen MR) is 70.0 cm³/mol. The molecule has 0 spiro atoms. The number of nitrogens with zero attached hydrogens (tertiary/aromatic N) is 2. The highest BCUT2D eigenvalue weighted by Crippen LogP contribution is 2.14. The van der Waals surface area contributed by atoms with Crippen molar-refractivity contribution in [2.24, 2.45) is 0 Å². The zero-order valence-electron chi connectivity index (χ0n) is 10.5. The molecule has 1 aliphatic heterocycles. The van der Waals surface area contributed by atoms with Crippen LogP contribution < -0.4 is 0 Å². The van der Waals surface area contributed by atoms with Gasteiger partial charge in [-0.05, 0) is 32.1 Å². The van der Waals surface area contributed by atoms with Crippen LogP contribution in [-0.4, -0.2) is 54.7 Å². The average Bonchev–Trinajstić information content (AvgIpc) is 2.56. The van der Waals surface area contributed by atoms with Gasteiger partial charge in [0.15, 0.2) is 0 Å². The molecular weight excluding hydrogens is 212 g/mol. The van der Waals surface area contributed by atoms with E-state index in [1.54, 1.807) is 0 Å². The Morgan fingerprint density at radius 1 is 1.12 bits per heavy atom. The second-order valence-electron chi connectivity index (χ2n) is 4.88. The number of hydrogen-bond acceptors (Lipinski definition) is 3. The van der Waals surface area contributed by atoms with Gasteiger partial charge in [-0.25, -0.2) is 0 Å². The van der Waals surface area contributed by atoms with E-state index in [-0.39, 0.29) is 6.10 Å². The van der Waals surface area contributed by atoms with E-state index in [4.69, 9.17) is 0 Å². The molecule has 17 heavy (non-hydrogen) atoms. The van der Waals surface area contributed by atoms with E-state index in [1.165, 1.54) is 6.42 Å². The van der Waals surface area contributed by atoms with E-state index in [0.29, 0.717) is 0 Å². The Balaban J connectivity index is 1.88. The molecule has 0 radical (unpaired) electrons. The molecule has 0 bridgehead atoms. The summed E-state index contributed by atoms with van der Waals surface area (Å²) in [5.41, 5.74) is 1.02. The van der Waals surface area contributed by atoms with Crippen LogP contribution in [0.3, 0.4) is 0 Å². The summed E-state index contributed by atoms with van der Waals surface area (Å²) in [7, 11) is 2.16. The maximum Gasteiger partial charge on any atom is 0.0916 e. The molecule has 1 aliphatic rings. The lowest BCUT2D eigenvalue weighted by molar-refractivity contribution is 0.115. The highest BCUT2D eigenvalue weighted by Gasteiger charge is 2.16. The molecule has 3 heteroatoms. The van der Waals surface area contributed by atoms with Crippen LogP contribution in [0.1, 0.15) is 18.1 Å². The molecule has 1 heterocycles. The molecule has 1 atom stereocenters. The van der Waals surface area contributed by atoms with Gasteiger partial charge in [-0.1, -0.05) is 30.3 Å². The Hall–Kier alpha value is -0.900. The zero-order valence-corrected chi connectivity index (χ0v) is 10.5. The van der Waals surface area contributed by atoms with E-state index >= 15 is 0 Å². The third-order valence-corrected chi connectivity index (χ3v) is 3.43. The van der Waals surface area contributed by atoms with Gasteiger partial charge in [-0.15, -0.1) is 0 Å². The summed E-state index contributed by atoms with van der Waals surface area (Å²) < 4.78 is 0. The lowest BCUT2D eigenvalue weighted by atomic mass is 10.1. The first-order valence-corrected chi connectivity index (χ1v) is 6.39. The van der Waals surface area contributed by atoms with Gasteiger partial charge in [0, 0.05) is 19.6 Å². The molecule has 2 rings (SSSR count). The second-order valence-corrected chi connectivity index (χ2v) is 4.88. The molecule has 0 aromatic heterocycles. The Kier molecular flexibility index (Phi) is 4.54. The molecule has 94 valence electrons. The van der Waals surface area contributed by atoms with Crippen molar-refractivity contribution in [1.82, 2.24) is 9.80 Å². The van der Waals surface area contributed by atoms with Crippen molar-refractivity contribution in [2.45, 2.75) is 12.5 Å². The molecule has 3 nitrogen and oxygen atoms in total. The summed E-state index contributed by atoms with van der Waals surface area (Å²) in [5.74, 6) is 0. The first-order valence-electron chi connectivity index (χ1n) is 6.39. The monoisotopic (exact) mass is 234 g/mol. The van der Waals surface area contributed by atoms with Gasteiger partial charge in [-0.3, -0.25) is 4.90 Å². The van der Waals surface area contributed by atoms with Crippen LogP contribution in [0.4, 0.5) is 0 Å². The van der Waals surface area contributed by atoms with Gasteiger partial charge >= 0.3 is 0 Å². The number of benzene rings is 1. The van der Waals surface area contributed by atoms with E-state index in [9.17, 15) is 5.11 Å². The van der Waals surface area contributed by atoms with Gasteiger partial charge in [-0.2, -0.15) is 0 Å². The van der Waals surface area contributed by atoms with Crippen LogP contribution in [0.25, 0.3) is 0 Å². The number of rotatable bonds is 3. The number of aliphatic hydroxyl groups is 1. The molecular formula is C14H22N2O. The van der Waals surface area contributed by atoms with Crippen molar-refractivity contribution in [3.05, 3.63) is 35.9 Å². The topological polar surface area (TPSA) is 26.7 Å². The fourth-order valence-electron chi connectivity index (χ4n) is 2.31. The van der Waals surface area contributed by atoms with Crippen LogP contribution >= 0.6 is 0 Å². The van der Waals surface area contributed by atoms with Crippen molar-refractivity contribution < 1.29 is 5.11 Å². The SMILES string of the molecule is CN1CCCN(C[C@H](O)c2ccccc2)CC1. The molecule has 1 fully saturated rings. The summed E-state index contributed by atoms with van der Waals surface area (Å²) in [6, 6.07) is 9.93. The molecule has 1 N–H and O–H groups in total. The van der Waals surface area contributed by atoms with Gasteiger partial charge < -0.3 is 10.0 Å². The van der Waals surface area contributed by atoms with Crippen molar-refractivity contribution in [1.29, 1.82) is 0 Å². The first-order chi connectivity index (χ1) is 8.25. The number of aliphatic hydroxyl groups excluding tert-OH is 1. The standard InChI is InChI=1S/C14H22N2O/c1-15-8-5-9-16(11-10-15)12-14(17)13-6-3-2-4-7-13/h2-4,6-7,14,17H,5,8-12H2,1H3/t14-/m0/s1. The number of hydrogen-bond donors (Lipinski definition) is 1. The maximum atomic E-state index is 10.2. The molecule has 0 saturated carbocycles. The first kappa shape index (κ1) is 12.6. The van der Waals surface area contributed by atoms with Crippen LogP contribution in [0.2, 0.25) is 0 Å². The minimum atomic E-state index is -0.361. The summed E-state index contributed by atoms with van der Waals surface area (Å²) in [6.07, 6.45) is 0.831. The van der Waals surface area contributed by atoms with E-state index in [0.717, 1.165) is 38.3 Å². The lowest BCUT2D eigenvalue weighted by Crippen LogP contribution is -2.32. The van der Waals surface area contributed by atoms with E-state index in [1.807, 2.05) is 30.3 Å². The zero-order chi connectivity index (χ0) is 12.1. The van der Waals surface area contributed by atoms with E-state index < -0.39 is 0 Å². The van der Waals surface area contributed by atoms with Crippen LogP contribution in [0.15, 0.2) is 30.3 Å². The number of β-amino-alcohol motifs (C(OH)–C–C–N with tert-alkyl or cyclic N) is 1. The van der Waals surface area contributed by atoms with Gasteiger partial charge in [0.2, 0.25) is 0 Å². The van der Waals surface area contributed by atoms with Gasteiger partial charge in [0.25, 0.3) is 0 Å². The Morgan fingerprint density at radius 2 is 1.88 bits per heavy atom. The quantitative estimate of drug-likeness (QED) is 0.855. The third kappa shape index (κ3) is 3.80. The fourth-order valence-corrected chi connectivity index (χ4v) is 2.31. The molecule has 1 aromatic rings. The average molecular weight is 234 g/mol. The molecule has 0 amide bonds. The predicted octanol–water partition coefficient (Wildman–Crippen LogP) is 1.36. The van der Waals surface area contributed by atoms with Crippen molar-refractivity contribution in [3.63, 3.8) is 0 Å². The van der Waals surface area contributed by atoms with Crippen LogP contribution in [0, 0.1) is 0 Å². The van der Waals surface area contributed by atoms with Gasteiger partial charge in [0.05, 0.1) is 6.10 Å². The normalized spacial score (nSPS) is 21.1. The Bertz CT molecular complexity index is 328. The minimum Gasteiger partial charge on any atom is -0.387 e. The molecule has 0 unspecified atom stereocenters. The highest BCUT2D eigenvalue weighted by molar-refractivity contribution is 5.17. The highest BCUT2D eigenvalue weighted by atomic mass is 16.3. The third-order valence-electron chi connectivity index (χ3n) is 3.43. The largest absolute Gasteiger partial charge is 0.387 e. The molecule has 0 aliphatic carbocycles. The summed E-state index contributed by atoms with van der Waals surface area (Å²) in [6.45, 7) is 5.16. The Morgan fingerprint density at radius 3 is 2.65 bits per heavy atom. The summed E-state index contributed by atoms with van der Waals surface area (Å²) in [4.78, 5) is 4.72. The lowest BCUT2D eigenvalue weighted by Gasteiger charge is -2.23. The summed E-state index contributed by atoms with van der Waals surface area (Å²) >= 11 is 0. The summed E-state index contributed by atoms with van der Waals surface area (Å²) in [5, 5.41) is 10.2. The smallest absolute Gasteiger partial charge is 0.0916 e. The maximum absolute atomic E-state index is 10.2. The van der Waals surface area contributed by atoms with Crippen molar-refractivity contribution in [2.75, 3.05) is 39.8 Å². The second kappa shape index (κ2) is 6.15. The van der Waals surface area contributed by atoms with Crippen molar-refractivity contribution in [3.8, 4) is 0 Å². The van der Waals surface area contributed by atoms with Crippen LogP contribution in [-0.2, 0) is 0 Å². The number of likely N-dealkylation sites (N-methyl/N-ethyl adjacent to an activating group) is 1. The van der Waals surface area contributed by atoms with Crippen molar-refractivity contribution >= 4 is 0 Å². The van der Waals surface area contributed by atoms with E-state index in [2.05, 4.69) is 16.8 Å². The minimum absolute atomic E-state index is 0.361. The van der Waals surface area contributed by atoms with Gasteiger partial charge in [0.1, 0.15) is 0 Å². The molecule has 1 saturated heterocycles. The Labute approximate surface area is 104 Å². The molecule has 1 aromatic carbocycles. The van der Waals surface area contributed by atoms with Crippen LogP contribution in [0.5, 0.6) is 0 Å².